The SMILES string of the molecule is C=CCN(C(C)(C)C)S(=O)(=O)N1CCNCC1. The third kappa shape index (κ3) is 3.51. The van der Waals surface area contributed by atoms with Gasteiger partial charge in [-0.05, 0) is 20.8 Å². The molecule has 0 aliphatic carbocycles. The molecule has 0 radical (unpaired) electrons. The van der Waals surface area contributed by atoms with Gasteiger partial charge in [0.15, 0.2) is 0 Å². The minimum absolute atomic E-state index is 0.343. The molecule has 0 aromatic rings. The normalized spacial score (nSPS) is 19.5. The van der Waals surface area contributed by atoms with E-state index in [2.05, 4.69) is 11.9 Å². The van der Waals surface area contributed by atoms with E-state index in [1.807, 2.05) is 20.8 Å². The van der Waals surface area contributed by atoms with Crippen LogP contribution in [0.3, 0.4) is 0 Å². The Labute approximate surface area is 105 Å². The standard InChI is InChI=1S/C11H23N3O2S/c1-5-8-14(11(2,3)4)17(15,16)13-9-6-12-7-10-13/h5,12H,1,6-10H2,2-4H3. The van der Waals surface area contributed by atoms with E-state index in [1.165, 1.54) is 8.61 Å². The van der Waals surface area contributed by atoms with E-state index in [9.17, 15) is 8.42 Å². The van der Waals surface area contributed by atoms with Gasteiger partial charge in [0.05, 0.1) is 0 Å². The summed E-state index contributed by atoms with van der Waals surface area (Å²) in [4.78, 5) is 0. The average Bonchev–Trinajstić information content (AvgIpc) is 2.25. The number of nitrogens with zero attached hydrogens (tertiary/aromatic N) is 2. The number of piperazine rings is 1. The topological polar surface area (TPSA) is 52.7 Å². The molecule has 1 saturated heterocycles. The maximum atomic E-state index is 12.5. The third-order valence-electron chi connectivity index (χ3n) is 2.72. The molecule has 17 heavy (non-hydrogen) atoms. The second-order valence-electron chi connectivity index (χ2n) is 5.15. The van der Waals surface area contributed by atoms with Gasteiger partial charge in [-0.3, -0.25) is 0 Å². The van der Waals surface area contributed by atoms with Crippen molar-refractivity contribution in [2.45, 2.75) is 26.3 Å². The Morgan fingerprint density at radius 1 is 1.35 bits per heavy atom. The van der Waals surface area contributed by atoms with Crippen LogP contribution in [0.1, 0.15) is 20.8 Å². The molecule has 0 amide bonds. The highest BCUT2D eigenvalue weighted by Gasteiger charge is 2.36. The molecule has 1 heterocycles. The van der Waals surface area contributed by atoms with Gasteiger partial charge in [0.2, 0.25) is 0 Å². The lowest BCUT2D eigenvalue weighted by Gasteiger charge is -2.38. The van der Waals surface area contributed by atoms with Gasteiger partial charge < -0.3 is 5.32 Å². The summed E-state index contributed by atoms with van der Waals surface area (Å²) < 4.78 is 28.0. The summed E-state index contributed by atoms with van der Waals surface area (Å²) in [5, 5.41) is 3.15. The molecule has 0 bridgehead atoms. The summed E-state index contributed by atoms with van der Waals surface area (Å²) in [6.45, 7) is 12.2. The molecule has 100 valence electrons. The molecule has 0 atom stereocenters. The summed E-state index contributed by atoms with van der Waals surface area (Å²) in [5.74, 6) is 0. The predicted octanol–water partition coefficient (Wildman–Crippen LogP) is 0.423. The number of nitrogens with one attached hydrogen (secondary N) is 1. The fourth-order valence-corrected chi connectivity index (χ4v) is 3.75. The zero-order chi connectivity index (χ0) is 13.1. The molecular formula is C11H23N3O2S. The lowest BCUT2D eigenvalue weighted by molar-refractivity contribution is 0.237. The van der Waals surface area contributed by atoms with E-state index < -0.39 is 15.7 Å². The van der Waals surface area contributed by atoms with Gasteiger partial charge in [0, 0.05) is 38.3 Å². The van der Waals surface area contributed by atoms with Crippen molar-refractivity contribution in [1.29, 1.82) is 0 Å². The maximum Gasteiger partial charge on any atom is 0.282 e. The van der Waals surface area contributed by atoms with Gasteiger partial charge in [-0.25, -0.2) is 0 Å². The average molecular weight is 261 g/mol. The first-order valence-corrected chi connectivity index (χ1v) is 7.29. The van der Waals surface area contributed by atoms with Gasteiger partial charge in [-0.2, -0.15) is 17.0 Å². The molecule has 6 heteroatoms. The Bertz CT molecular complexity index is 353. The first-order valence-electron chi connectivity index (χ1n) is 5.89. The zero-order valence-electron chi connectivity index (χ0n) is 10.9. The van der Waals surface area contributed by atoms with Crippen molar-refractivity contribution in [3.8, 4) is 0 Å². The highest BCUT2D eigenvalue weighted by Crippen LogP contribution is 2.21. The molecule has 1 fully saturated rings. The summed E-state index contributed by atoms with van der Waals surface area (Å²) in [7, 11) is -3.39. The molecule has 0 unspecified atom stereocenters. The smallest absolute Gasteiger partial charge is 0.282 e. The summed E-state index contributed by atoms with van der Waals surface area (Å²) in [6, 6.07) is 0. The second-order valence-corrected chi connectivity index (χ2v) is 7.00. The minimum atomic E-state index is -3.39. The van der Waals surface area contributed by atoms with Crippen molar-refractivity contribution < 1.29 is 8.42 Å². The van der Waals surface area contributed by atoms with Gasteiger partial charge in [-0.15, -0.1) is 6.58 Å². The number of hydrogen-bond acceptors (Lipinski definition) is 3. The molecule has 1 N–H and O–H groups in total. The largest absolute Gasteiger partial charge is 0.314 e. The van der Waals surface area contributed by atoms with Crippen LogP contribution in [0.15, 0.2) is 12.7 Å². The Kier molecular flexibility index (Phi) is 4.71. The van der Waals surface area contributed by atoms with Crippen LogP contribution >= 0.6 is 0 Å². The van der Waals surface area contributed by atoms with Crippen LogP contribution in [-0.2, 0) is 10.2 Å². The molecule has 0 aromatic heterocycles. The quantitative estimate of drug-likeness (QED) is 0.746. The van der Waals surface area contributed by atoms with E-state index in [4.69, 9.17) is 0 Å². The first-order chi connectivity index (χ1) is 7.80. The highest BCUT2D eigenvalue weighted by molar-refractivity contribution is 7.86. The molecule has 0 saturated carbocycles. The van der Waals surface area contributed by atoms with Crippen LogP contribution < -0.4 is 5.32 Å². The van der Waals surface area contributed by atoms with Crippen molar-refractivity contribution in [3.05, 3.63) is 12.7 Å². The van der Waals surface area contributed by atoms with Crippen LogP contribution in [0.25, 0.3) is 0 Å². The fourth-order valence-electron chi connectivity index (χ4n) is 1.85. The summed E-state index contributed by atoms with van der Waals surface area (Å²) in [6.07, 6.45) is 1.63. The second kappa shape index (κ2) is 5.48. The minimum Gasteiger partial charge on any atom is -0.314 e. The van der Waals surface area contributed by atoms with Crippen molar-refractivity contribution in [2.24, 2.45) is 0 Å². The predicted molar refractivity (Wildman–Crippen MR) is 70.0 cm³/mol. The van der Waals surface area contributed by atoms with Crippen LogP contribution in [0, 0.1) is 0 Å². The maximum absolute atomic E-state index is 12.5. The van der Waals surface area contributed by atoms with E-state index >= 15 is 0 Å². The molecule has 0 spiro atoms. The van der Waals surface area contributed by atoms with Gasteiger partial charge in [-0.1, -0.05) is 6.08 Å². The molecule has 5 nitrogen and oxygen atoms in total. The van der Waals surface area contributed by atoms with Crippen molar-refractivity contribution >= 4 is 10.2 Å². The van der Waals surface area contributed by atoms with Crippen molar-refractivity contribution in [1.82, 2.24) is 13.9 Å². The summed E-state index contributed by atoms with van der Waals surface area (Å²) >= 11 is 0. The Morgan fingerprint density at radius 2 is 1.88 bits per heavy atom. The Balaban J connectivity index is 2.94. The monoisotopic (exact) mass is 261 g/mol. The molecule has 1 rings (SSSR count). The highest BCUT2D eigenvalue weighted by atomic mass is 32.2. The lowest BCUT2D eigenvalue weighted by Crippen LogP contribution is -2.56. The lowest BCUT2D eigenvalue weighted by atomic mass is 10.1. The molecule has 0 aromatic carbocycles. The van der Waals surface area contributed by atoms with E-state index in [1.54, 1.807) is 6.08 Å². The van der Waals surface area contributed by atoms with E-state index in [0.717, 1.165) is 0 Å². The van der Waals surface area contributed by atoms with E-state index in [0.29, 0.717) is 32.7 Å². The molecule has 1 aliphatic heterocycles. The van der Waals surface area contributed by atoms with Gasteiger partial charge >= 0.3 is 0 Å². The number of hydrogen-bond donors (Lipinski definition) is 1. The van der Waals surface area contributed by atoms with Gasteiger partial charge in [0.25, 0.3) is 10.2 Å². The summed E-state index contributed by atoms with van der Waals surface area (Å²) in [5.41, 5.74) is -0.433. The van der Waals surface area contributed by atoms with E-state index in [-0.39, 0.29) is 0 Å². The van der Waals surface area contributed by atoms with Gasteiger partial charge in [0.1, 0.15) is 0 Å². The van der Waals surface area contributed by atoms with Crippen LogP contribution in [0.2, 0.25) is 0 Å². The Morgan fingerprint density at radius 3 is 2.29 bits per heavy atom. The third-order valence-corrected chi connectivity index (χ3v) is 5.00. The number of rotatable bonds is 4. The first kappa shape index (κ1) is 14.6. The fraction of sp³-hybridized carbons (Fsp3) is 0.818. The van der Waals surface area contributed by atoms with Crippen LogP contribution in [0.5, 0.6) is 0 Å². The van der Waals surface area contributed by atoms with Crippen LogP contribution in [0.4, 0.5) is 0 Å². The molecule has 1 aliphatic rings. The van der Waals surface area contributed by atoms with Crippen LogP contribution in [-0.4, -0.2) is 55.3 Å². The van der Waals surface area contributed by atoms with Crippen molar-refractivity contribution in [3.63, 3.8) is 0 Å². The van der Waals surface area contributed by atoms with Crippen molar-refractivity contribution in [2.75, 3.05) is 32.7 Å². The molecular weight excluding hydrogens is 238 g/mol. The zero-order valence-corrected chi connectivity index (χ0v) is 11.8. The Hall–Kier alpha value is -0.430.